The molecule has 5 atom stereocenters. The summed E-state index contributed by atoms with van der Waals surface area (Å²) in [6.07, 6.45) is 3.92. The van der Waals surface area contributed by atoms with E-state index < -0.39 is 0 Å². The standard InChI is InChI=1S/C29H33N3O2S2/c1-3-31(4-2)22-14-12-18(13-15-22)24-25-19-10-11-20(16-19)26(25)35-28-27(24)36-29(34)32(28)17-23(33)30-21-8-6-5-7-9-21/h5-9,12-15,19-20,24-26H,3-4,10-11,16-17H2,1-2H3,(H,30,33). The Balaban J connectivity index is 1.35. The van der Waals surface area contributed by atoms with Gasteiger partial charge in [0.05, 0.1) is 5.03 Å². The quantitative estimate of drug-likeness (QED) is 0.413. The van der Waals surface area contributed by atoms with Crippen LogP contribution in [0.25, 0.3) is 0 Å². The number of anilines is 2. The molecule has 5 unspecified atom stereocenters. The summed E-state index contributed by atoms with van der Waals surface area (Å²) in [4.78, 5) is 29.7. The topological polar surface area (TPSA) is 54.3 Å². The van der Waals surface area contributed by atoms with E-state index >= 15 is 0 Å². The molecule has 188 valence electrons. The van der Waals surface area contributed by atoms with Crippen LogP contribution < -0.4 is 15.1 Å². The van der Waals surface area contributed by atoms with E-state index in [1.165, 1.54) is 46.7 Å². The number of benzene rings is 2. The molecule has 2 aliphatic carbocycles. The SMILES string of the molecule is CCN(CC)c1ccc(C2c3sc(=O)n(CC(=O)Nc4ccccc4)c3SC3C4CCC(C4)C23)cc1. The molecule has 2 bridgehead atoms. The first-order chi connectivity index (χ1) is 17.6. The van der Waals surface area contributed by atoms with Crippen molar-refractivity contribution < 1.29 is 4.79 Å². The number of thioether (sulfide) groups is 1. The van der Waals surface area contributed by atoms with Gasteiger partial charge in [-0.15, -0.1) is 11.8 Å². The number of carbonyl (C=O) groups is 1. The summed E-state index contributed by atoms with van der Waals surface area (Å²) in [5, 5.41) is 4.51. The van der Waals surface area contributed by atoms with Crippen LogP contribution >= 0.6 is 23.1 Å². The fraction of sp³-hybridized carbons (Fsp3) is 0.448. The number of carbonyl (C=O) groups excluding carboxylic acids is 1. The molecular formula is C29H33N3O2S2. The lowest BCUT2D eigenvalue weighted by Gasteiger charge is -2.40. The zero-order valence-electron chi connectivity index (χ0n) is 20.9. The Bertz CT molecular complexity index is 1300. The van der Waals surface area contributed by atoms with Gasteiger partial charge in [-0.3, -0.25) is 14.2 Å². The highest BCUT2D eigenvalue weighted by atomic mass is 32.2. The Labute approximate surface area is 220 Å². The van der Waals surface area contributed by atoms with Crippen LogP contribution in [0.2, 0.25) is 0 Å². The van der Waals surface area contributed by atoms with Gasteiger partial charge in [0.2, 0.25) is 5.91 Å². The number of aromatic nitrogens is 1. The molecule has 1 amide bonds. The number of hydrogen-bond acceptors (Lipinski definition) is 5. The second-order valence-electron chi connectivity index (χ2n) is 10.3. The third-order valence-corrected chi connectivity index (χ3v) is 11.3. The molecule has 6 rings (SSSR count). The van der Waals surface area contributed by atoms with Gasteiger partial charge in [-0.05, 0) is 80.7 Å². The van der Waals surface area contributed by atoms with Crippen molar-refractivity contribution in [2.24, 2.45) is 17.8 Å². The predicted molar refractivity (Wildman–Crippen MR) is 149 cm³/mol. The molecule has 5 nitrogen and oxygen atoms in total. The van der Waals surface area contributed by atoms with Gasteiger partial charge in [-0.1, -0.05) is 41.7 Å². The van der Waals surface area contributed by atoms with Crippen LogP contribution in [0.3, 0.4) is 0 Å². The molecule has 0 spiro atoms. The second-order valence-corrected chi connectivity index (χ2v) is 12.4. The molecule has 3 aromatic rings. The van der Waals surface area contributed by atoms with Crippen LogP contribution in [0.1, 0.15) is 49.5 Å². The lowest BCUT2D eigenvalue weighted by Crippen LogP contribution is -2.35. The molecule has 2 heterocycles. The van der Waals surface area contributed by atoms with Crippen LogP contribution in [-0.4, -0.2) is 28.8 Å². The van der Waals surface area contributed by atoms with Gasteiger partial charge in [-0.2, -0.15) is 0 Å². The molecule has 2 fully saturated rings. The van der Waals surface area contributed by atoms with Crippen LogP contribution in [0, 0.1) is 17.8 Å². The van der Waals surface area contributed by atoms with Crippen LogP contribution in [0.5, 0.6) is 0 Å². The van der Waals surface area contributed by atoms with E-state index in [0.29, 0.717) is 11.2 Å². The van der Waals surface area contributed by atoms with Gasteiger partial charge in [0.15, 0.2) is 0 Å². The van der Waals surface area contributed by atoms with Crippen molar-refractivity contribution in [3.05, 3.63) is 74.7 Å². The average Bonchev–Trinajstić information content (AvgIpc) is 3.59. The number of fused-ring (bicyclic) bond motifs is 6. The predicted octanol–water partition coefficient (Wildman–Crippen LogP) is 6.05. The Hall–Kier alpha value is -2.51. The average molecular weight is 520 g/mol. The van der Waals surface area contributed by atoms with E-state index in [1.807, 2.05) is 42.1 Å². The summed E-state index contributed by atoms with van der Waals surface area (Å²) in [6.45, 7) is 6.42. The minimum atomic E-state index is -0.153. The highest BCUT2D eigenvalue weighted by Crippen LogP contribution is 2.64. The van der Waals surface area contributed by atoms with Crippen molar-refractivity contribution in [3.63, 3.8) is 0 Å². The van der Waals surface area contributed by atoms with Crippen molar-refractivity contribution in [3.8, 4) is 0 Å². The first kappa shape index (κ1) is 23.9. The molecule has 1 aliphatic heterocycles. The fourth-order valence-corrected chi connectivity index (χ4v) is 9.96. The molecule has 7 heteroatoms. The summed E-state index contributed by atoms with van der Waals surface area (Å²) < 4.78 is 1.74. The highest BCUT2D eigenvalue weighted by molar-refractivity contribution is 8.00. The Morgan fingerprint density at radius 1 is 1.03 bits per heavy atom. The minimum absolute atomic E-state index is 0.0206. The number of amides is 1. The maximum atomic E-state index is 13.3. The summed E-state index contributed by atoms with van der Waals surface area (Å²) in [5.74, 6) is 2.12. The van der Waals surface area contributed by atoms with E-state index in [1.54, 1.807) is 4.57 Å². The van der Waals surface area contributed by atoms with Crippen LogP contribution in [0.4, 0.5) is 11.4 Å². The maximum Gasteiger partial charge on any atom is 0.308 e. The first-order valence-electron chi connectivity index (χ1n) is 13.2. The van der Waals surface area contributed by atoms with Gasteiger partial charge < -0.3 is 10.2 Å². The second kappa shape index (κ2) is 9.75. The molecule has 0 saturated heterocycles. The van der Waals surface area contributed by atoms with Crippen molar-refractivity contribution >= 4 is 40.4 Å². The van der Waals surface area contributed by atoms with Gasteiger partial charge in [0.1, 0.15) is 6.54 Å². The van der Waals surface area contributed by atoms with Crippen LogP contribution in [-0.2, 0) is 11.3 Å². The number of para-hydroxylation sites is 1. The summed E-state index contributed by atoms with van der Waals surface area (Å²) in [7, 11) is 0. The van der Waals surface area contributed by atoms with E-state index in [0.717, 1.165) is 35.6 Å². The van der Waals surface area contributed by atoms with E-state index in [2.05, 4.69) is 48.3 Å². The number of nitrogens with one attached hydrogen (secondary N) is 1. The summed E-state index contributed by atoms with van der Waals surface area (Å²) >= 11 is 3.25. The first-order valence-corrected chi connectivity index (χ1v) is 14.9. The molecular weight excluding hydrogens is 486 g/mol. The summed E-state index contributed by atoms with van der Waals surface area (Å²) in [5.41, 5.74) is 3.32. The lowest BCUT2D eigenvalue weighted by atomic mass is 9.75. The number of nitrogens with zero attached hydrogens (tertiary/aromatic N) is 2. The molecule has 2 saturated carbocycles. The number of thiazole rings is 1. The maximum absolute atomic E-state index is 13.3. The van der Waals surface area contributed by atoms with Crippen molar-refractivity contribution in [2.45, 2.75) is 55.8 Å². The highest BCUT2D eigenvalue weighted by Gasteiger charge is 2.55. The van der Waals surface area contributed by atoms with Gasteiger partial charge >= 0.3 is 4.87 Å². The molecule has 36 heavy (non-hydrogen) atoms. The van der Waals surface area contributed by atoms with E-state index in [9.17, 15) is 9.59 Å². The largest absolute Gasteiger partial charge is 0.372 e. The Kier molecular flexibility index (Phi) is 6.46. The molecule has 1 N–H and O–H groups in total. The van der Waals surface area contributed by atoms with Crippen LogP contribution in [0.15, 0.2) is 64.4 Å². The Morgan fingerprint density at radius 3 is 2.47 bits per heavy atom. The zero-order valence-corrected chi connectivity index (χ0v) is 22.5. The molecule has 1 aromatic heterocycles. The Morgan fingerprint density at radius 2 is 1.75 bits per heavy atom. The van der Waals surface area contributed by atoms with Crippen molar-refractivity contribution in [1.82, 2.24) is 4.57 Å². The molecule has 3 aliphatic rings. The number of hydrogen-bond donors (Lipinski definition) is 1. The smallest absolute Gasteiger partial charge is 0.308 e. The van der Waals surface area contributed by atoms with E-state index in [-0.39, 0.29) is 23.2 Å². The normalized spacial score (nSPS) is 25.9. The number of rotatable bonds is 7. The van der Waals surface area contributed by atoms with Crippen molar-refractivity contribution in [1.29, 1.82) is 0 Å². The minimum Gasteiger partial charge on any atom is -0.372 e. The molecule has 0 radical (unpaired) electrons. The van der Waals surface area contributed by atoms with Gasteiger partial charge in [0, 0.05) is 40.5 Å². The lowest BCUT2D eigenvalue weighted by molar-refractivity contribution is -0.116. The fourth-order valence-electron chi connectivity index (χ4n) is 6.81. The third kappa shape index (κ3) is 4.10. The third-order valence-electron chi connectivity index (χ3n) is 8.43. The summed E-state index contributed by atoms with van der Waals surface area (Å²) in [6, 6.07) is 18.5. The van der Waals surface area contributed by atoms with Gasteiger partial charge in [-0.25, -0.2) is 0 Å². The van der Waals surface area contributed by atoms with Crippen molar-refractivity contribution in [2.75, 3.05) is 23.3 Å². The molecule has 2 aromatic carbocycles. The zero-order chi connectivity index (χ0) is 24.8. The van der Waals surface area contributed by atoms with Gasteiger partial charge in [0.25, 0.3) is 0 Å². The van der Waals surface area contributed by atoms with E-state index in [4.69, 9.17) is 0 Å². The monoisotopic (exact) mass is 519 g/mol.